The molecular weight excluding hydrogens is 316 g/mol. The molecule has 2 unspecified atom stereocenters. The number of hydrogen-bond acceptors (Lipinski definition) is 3. The summed E-state index contributed by atoms with van der Waals surface area (Å²) in [6.45, 7) is 2.17. The Bertz CT molecular complexity index is 519. The number of hydrogen-bond donors (Lipinski definition) is 1. The van der Waals surface area contributed by atoms with Gasteiger partial charge in [0.2, 0.25) is 10.0 Å². The predicted octanol–water partition coefficient (Wildman–Crippen LogP) is 2.70. The highest BCUT2D eigenvalue weighted by molar-refractivity contribution is 9.10. The van der Waals surface area contributed by atoms with Gasteiger partial charge in [-0.1, -0.05) is 19.8 Å². The molecule has 18 heavy (non-hydrogen) atoms. The molecule has 0 radical (unpaired) electrons. The smallest absolute Gasteiger partial charge is 0.242 e. The van der Waals surface area contributed by atoms with E-state index < -0.39 is 10.0 Å². The van der Waals surface area contributed by atoms with E-state index in [0.29, 0.717) is 10.4 Å². The molecule has 0 amide bonds. The molecule has 1 saturated carbocycles. The fourth-order valence-corrected chi connectivity index (χ4v) is 4.16. The molecule has 1 aliphatic carbocycles. The van der Waals surface area contributed by atoms with Crippen molar-refractivity contribution in [3.8, 4) is 0 Å². The van der Waals surface area contributed by atoms with Gasteiger partial charge in [0, 0.05) is 22.9 Å². The Kier molecular flexibility index (Phi) is 4.40. The standard InChI is InChI=1S/C12H17BrN2O2S/c1-9-3-2-4-11(5-9)15-18(16,17)12-6-10(13)7-14-8-12/h6-9,11,15H,2-5H2,1H3. The van der Waals surface area contributed by atoms with Crippen molar-refractivity contribution in [2.45, 2.75) is 43.5 Å². The van der Waals surface area contributed by atoms with Gasteiger partial charge in [0.15, 0.2) is 0 Å². The van der Waals surface area contributed by atoms with Gasteiger partial charge in [0.05, 0.1) is 0 Å². The molecule has 100 valence electrons. The van der Waals surface area contributed by atoms with E-state index in [-0.39, 0.29) is 10.9 Å². The molecule has 0 saturated heterocycles. The molecule has 4 nitrogen and oxygen atoms in total. The predicted molar refractivity (Wildman–Crippen MR) is 73.7 cm³/mol. The van der Waals surface area contributed by atoms with Crippen LogP contribution >= 0.6 is 15.9 Å². The molecule has 0 aromatic carbocycles. The molecule has 0 bridgehead atoms. The Balaban J connectivity index is 2.12. The molecule has 1 aromatic heterocycles. The first kappa shape index (κ1) is 14.0. The van der Waals surface area contributed by atoms with Crippen LogP contribution in [0.1, 0.15) is 32.6 Å². The Hall–Kier alpha value is -0.460. The third kappa shape index (κ3) is 3.52. The number of sulfonamides is 1. The summed E-state index contributed by atoms with van der Waals surface area (Å²) < 4.78 is 27.8. The first-order chi connectivity index (χ1) is 8.47. The van der Waals surface area contributed by atoms with Gasteiger partial charge in [-0.25, -0.2) is 13.1 Å². The van der Waals surface area contributed by atoms with E-state index in [1.165, 1.54) is 12.6 Å². The molecule has 2 rings (SSSR count). The lowest BCUT2D eigenvalue weighted by Gasteiger charge is -2.27. The molecule has 0 spiro atoms. The number of nitrogens with zero attached hydrogens (tertiary/aromatic N) is 1. The second-order valence-electron chi connectivity index (χ2n) is 4.93. The number of pyridine rings is 1. The van der Waals surface area contributed by atoms with Gasteiger partial charge in [-0.05, 0) is 40.8 Å². The largest absolute Gasteiger partial charge is 0.262 e. The lowest BCUT2D eigenvalue weighted by molar-refractivity contribution is 0.327. The lowest BCUT2D eigenvalue weighted by atomic mass is 9.88. The highest BCUT2D eigenvalue weighted by Crippen LogP contribution is 2.25. The Labute approximate surface area is 116 Å². The van der Waals surface area contributed by atoms with E-state index in [2.05, 4.69) is 32.6 Å². The van der Waals surface area contributed by atoms with Crippen LogP contribution in [0.15, 0.2) is 27.8 Å². The van der Waals surface area contributed by atoms with Crippen LogP contribution in [0, 0.1) is 5.92 Å². The van der Waals surface area contributed by atoms with Gasteiger partial charge in [0.25, 0.3) is 0 Å². The molecule has 2 atom stereocenters. The zero-order valence-electron chi connectivity index (χ0n) is 10.3. The summed E-state index contributed by atoms with van der Waals surface area (Å²) in [5.74, 6) is 0.590. The van der Waals surface area contributed by atoms with Crippen molar-refractivity contribution in [1.82, 2.24) is 9.71 Å². The minimum atomic E-state index is -3.45. The van der Waals surface area contributed by atoms with E-state index in [9.17, 15) is 8.42 Å². The summed E-state index contributed by atoms with van der Waals surface area (Å²) in [7, 11) is -3.45. The molecule has 1 fully saturated rings. The highest BCUT2D eigenvalue weighted by Gasteiger charge is 2.24. The third-order valence-electron chi connectivity index (χ3n) is 3.25. The average molecular weight is 333 g/mol. The lowest BCUT2D eigenvalue weighted by Crippen LogP contribution is -2.37. The van der Waals surface area contributed by atoms with E-state index in [1.54, 1.807) is 12.3 Å². The van der Waals surface area contributed by atoms with Gasteiger partial charge in [-0.3, -0.25) is 4.98 Å². The normalized spacial score (nSPS) is 25.0. The second-order valence-corrected chi connectivity index (χ2v) is 7.56. The highest BCUT2D eigenvalue weighted by atomic mass is 79.9. The molecule has 1 N–H and O–H groups in total. The van der Waals surface area contributed by atoms with Gasteiger partial charge in [0.1, 0.15) is 4.90 Å². The fraction of sp³-hybridized carbons (Fsp3) is 0.583. The third-order valence-corrected chi connectivity index (χ3v) is 5.17. The van der Waals surface area contributed by atoms with Crippen molar-refractivity contribution < 1.29 is 8.42 Å². The van der Waals surface area contributed by atoms with Crippen molar-refractivity contribution in [3.05, 3.63) is 22.9 Å². The summed E-state index contributed by atoms with van der Waals surface area (Å²) in [6.07, 6.45) is 7.06. The van der Waals surface area contributed by atoms with Crippen LogP contribution in [0.4, 0.5) is 0 Å². The summed E-state index contributed by atoms with van der Waals surface area (Å²) in [5, 5.41) is 0. The number of halogens is 1. The Morgan fingerprint density at radius 2 is 2.17 bits per heavy atom. The first-order valence-corrected chi connectivity index (χ1v) is 8.38. The quantitative estimate of drug-likeness (QED) is 0.925. The van der Waals surface area contributed by atoms with Crippen molar-refractivity contribution in [1.29, 1.82) is 0 Å². The number of nitrogens with one attached hydrogen (secondary N) is 1. The minimum Gasteiger partial charge on any atom is -0.262 e. The average Bonchev–Trinajstić information content (AvgIpc) is 2.28. The monoisotopic (exact) mass is 332 g/mol. The van der Waals surface area contributed by atoms with Crippen molar-refractivity contribution in [2.24, 2.45) is 5.92 Å². The molecule has 1 aromatic rings. The summed E-state index contributed by atoms with van der Waals surface area (Å²) in [6, 6.07) is 1.62. The van der Waals surface area contributed by atoms with Crippen molar-refractivity contribution in [2.75, 3.05) is 0 Å². The van der Waals surface area contributed by atoms with Gasteiger partial charge in [-0.15, -0.1) is 0 Å². The summed E-state index contributed by atoms with van der Waals surface area (Å²) >= 11 is 3.23. The Morgan fingerprint density at radius 3 is 2.83 bits per heavy atom. The second kappa shape index (κ2) is 5.67. The topological polar surface area (TPSA) is 59.1 Å². The first-order valence-electron chi connectivity index (χ1n) is 6.10. The SMILES string of the molecule is CC1CCCC(NS(=O)(=O)c2cncc(Br)c2)C1. The van der Waals surface area contributed by atoms with Crippen LogP contribution in [-0.2, 0) is 10.0 Å². The molecule has 1 aliphatic rings. The minimum absolute atomic E-state index is 0.0535. The molecular formula is C12H17BrN2O2S. The van der Waals surface area contributed by atoms with Gasteiger partial charge in [-0.2, -0.15) is 0 Å². The van der Waals surface area contributed by atoms with Crippen LogP contribution in [0.5, 0.6) is 0 Å². The van der Waals surface area contributed by atoms with Crippen LogP contribution in [0.2, 0.25) is 0 Å². The number of rotatable bonds is 3. The van der Waals surface area contributed by atoms with Crippen LogP contribution < -0.4 is 4.72 Å². The number of aromatic nitrogens is 1. The maximum Gasteiger partial charge on any atom is 0.242 e. The van der Waals surface area contributed by atoms with Crippen molar-refractivity contribution in [3.63, 3.8) is 0 Å². The fourth-order valence-electron chi connectivity index (χ4n) is 2.37. The zero-order chi connectivity index (χ0) is 13.2. The summed E-state index contributed by atoms with van der Waals surface area (Å²) in [4.78, 5) is 4.11. The molecule has 6 heteroatoms. The van der Waals surface area contributed by atoms with Crippen molar-refractivity contribution >= 4 is 26.0 Å². The molecule has 0 aliphatic heterocycles. The maximum absolute atomic E-state index is 12.2. The van der Waals surface area contributed by atoms with E-state index in [4.69, 9.17) is 0 Å². The summed E-state index contributed by atoms with van der Waals surface area (Å²) in [5.41, 5.74) is 0. The zero-order valence-corrected chi connectivity index (χ0v) is 12.7. The molecule has 1 heterocycles. The van der Waals surface area contributed by atoms with Crippen LogP contribution in [0.3, 0.4) is 0 Å². The van der Waals surface area contributed by atoms with Gasteiger partial charge < -0.3 is 0 Å². The van der Waals surface area contributed by atoms with Gasteiger partial charge >= 0.3 is 0 Å². The van der Waals surface area contributed by atoms with Crippen LogP contribution in [0.25, 0.3) is 0 Å². The van der Waals surface area contributed by atoms with E-state index in [0.717, 1.165) is 19.3 Å². The van der Waals surface area contributed by atoms with E-state index >= 15 is 0 Å². The Morgan fingerprint density at radius 1 is 1.39 bits per heavy atom. The van der Waals surface area contributed by atoms with E-state index in [1.807, 2.05) is 0 Å². The van der Waals surface area contributed by atoms with Crippen LogP contribution in [-0.4, -0.2) is 19.4 Å². The maximum atomic E-state index is 12.2.